The first-order valence-electron chi connectivity index (χ1n) is 7.56. The summed E-state index contributed by atoms with van der Waals surface area (Å²) in [6, 6.07) is 0. The van der Waals surface area contributed by atoms with Gasteiger partial charge in [-0.2, -0.15) is 0 Å². The van der Waals surface area contributed by atoms with Gasteiger partial charge in [0.1, 0.15) is 16.0 Å². The standard InChI is InChI=1S/C15H24N2O3S2/c1-11(14(18)17-7-5-6-8-17)22(19,20)10-13-16-12(9-21-13)15(2,3)4/h9,11H,5-8,10H2,1-4H3/t11-/m0/s1. The van der Waals surface area contributed by atoms with Gasteiger partial charge in [-0.15, -0.1) is 11.3 Å². The first kappa shape index (κ1) is 17.4. The molecule has 0 aromatic carbocycles. The van der Waals surface area contributed by atoms with E-state index in [1.54, 1.807) is 4.90 Å². The second-order valence-corrected chi connectivity index (χ2v) is 10.1. The zero-order chi connectivity index (χ0) is 16.5. The lowest BCUT2D eigenvalue weighted by Gasteiger charge is -2.20. The van der Waals surface area contributed by atoms with Crippen LogP contribution in [0.5, 0.6) is 0 Å². The van der Waals surface area contributed by atoms with Crippen molar-refractivity contribution in [2.45, 2.75) is 57.0 Å². The number of aromatic nitrogens is 1. The largest absolute Gasteiger partial charge is 0.342 e. The van der Waals surface area contributed by atoms with E-state index in [4.69, 9.17) is 0 Å². The smallest absolute Gasteiger partial charge is 0.240 e. The second kappa shape index (κ2) is 6.28. The van der Waals surface area contributed by atoms with E-state index in [0.717, 1.165) is 18.5 Å². The van der Waals surface area contributed by atoms with Crippen molar-refractivity contribution in [3.8, 4) is 0 Å². The maximum atomic E-state index is 12.5. The van der Waals surface area contributed by atoms with Crippen molar-refractivity contribution in [3.63, 3.8) is 0 Å². The highest BCUT2D eigenvalue weighted by molar-refractivity contribution is 7.92. The summed E-state index contributed by atoms with van der Waals surface area (Å²) in [6.07, 6.45) is 1.92. The Labute approximate surface area is 136 Å². The molecular weight excluding hydrogens is 320 g/mol. The number of thiazole rings is 1. The Balaban J connectivity index is 2.10. The summed E-state index contributed by atoms with van der Waals surface area (Å²) in [5.41, 5.74) is 0.788. The van der Waals surface area contributed by atoms with Crippen molar-refractivity contribution in [2.75, 3.05) is 13.1 Å². The normalized spacial score (nSPS) is 17.7. The fourth-order valence-electron chi connectivity index (χ4n) is 2.37. The Bertz CT molecular complexity index is 638. The van der Waals surface area contributed by atoms with Crippen molar-refractivity contribution in [1.29, 1.82) is 0 Å². The molecule has 1 aromatic rings. The van der Waals surface area contributed by atoms with E-state index in [0.29, 0.717) is 18.1 Å². The Kier molecular flexibility index (Phi) is 4.96. The Morgan fingerprint density at radius 1 is 1.36 bits per heavy atom. The zero-order valence-corrected chi connectivity index (χ0v) is 15.3. The number of sulfone groups is 1. The number of hydrogen-bond donors (Lipinski definition) is 0. The summed E-state index contributed by atoms with van der Waals surface area (Å²) in [6.45, 7) is 8.96. The van der Waals surface area contributed by atoms with Crippen molar-refractivity contribution < 1.29 is 13.2 Å². The van der Waals surface area contributed by atoms with Crippen LogP contribution < -0.4 is 0 Å². The van der Waals surface area contributed by atoms with Crippen molar-refractivity contribution in [2.24, 2.45) is 0 Å². The average Bonchev–Trinajstić information content (AvgIpc) is 3.06. The van der Waals surface area contributed by atoms with Crippen molar-refractivity contribution in [1.82, 2.24) is 9.88 Å². The highest BCUT2D eigenvalue weighted by Crippen LogP contribution is 2.25. The molecule has 22 heavy (non-hydrogen) atoms. The summed E-state index contributed by atoms with van der Waals surface area (Å²) in [5.74, 6) is -0.431. The number of rotatable bonds is 4. The lowest BCUT2D eigenvalue weighted by Crippen LogP contribution is -2.40. The van der Waals surface area contributed by atoms with Crippen molar-refractivity contribution >= 4 is 27.1 Å². The number of hydrogen-bond acceptors (Lipinski definition) is 5. The molecule has 0 aliphatic carbocycles. The van der Waals surface area contributed by atoms with Gasteiger partial charge in [0.25, 0.3) is 0 Å². The highest BCUT2D eigenvalue weighted by Gasteiger charge is 2.33. The van der Waals surface area contributed by atoms with Crippen LogP contribution in [-0.2, 0) is 25.8 Å². The van der Waals surface area contributed by atoms with Crippen LogP contribution in [0, 0.1) is 0 Å². The van der Waals surface area contributed by atoms with Crippen LogP contribution in [0.25, 0.3) is 0 Å². The fraction of sp³-hybridized carbons (Fsp3) is 0.733. The number of carbonyl (C=O) groups excluding carboxylic acids is 1. The van der Waals surface area contributed by atoms with Crippen molar-refractivity contribution in [3.05, 3.63) is 16.1 Å². The van der Waals surface area contributed by atoms with E-state index >= 15 is 0 Å². The minimum atomic E-state index is -3.53. The van der Waals surface area contributed by atoms with E-state index in [1.165, 1.54) is 18.3 Å². The SMILES string of the molecule is C[C@@H](C(=O)N1CCCC1)S(=O)(=O)Cc1nc(C(C)(C)C)cs1. The third-order valence-corrected chi connectivity index (χ3v) is 6.94. The number of likely N-dealkylation sites (tertiary alicyclic amines) is 1. The molecule has 0 saturated carbocycles. The molecule has 1 aliphatic rings. The van der Waals surface area contributed by atoms with E-state index in [9.17, 15) is 13.2 Å². The van der Waals surface area contributed by atoms with Gasteiger partial charge < -0.3 is 4.90 Å². The van der Waals surface area contributed by atoms with Gasteiger partial charge in [-0.25, -0.2) is 13.4 Å². The van der Waals surface area contributed by atoms with E-state index in [2.05, 4.69) is 4.98 Å². The van der Waals surface area contributed by atoms with Crippen LogP contribution in [0.1, 0.15) is 51.2 Å². The zero-order valence-electron chi connectivity index (χ0n) is 13.6. The summed E-state index contributed by atoms with van der Waals surface area (Å²) < 4.78 is 25.0. The lowest BCUT2D eigenvalue weighted by atomic mass is 9.93. The van der Waals surface area contributed by atoms with Gasteiger partial charge in [0.05, 0.1) is 5.69 Å². The molecule has 2 heterocycles. The van der Waals surface area contributed by atoms with Gasteiger partial charge in [0.15, 0.2) is 9.84 Å². The van der Waals surface area contributed by atoms with Gasteiger partial charge in [-0.3, -0.25) is 4.79 Å². The van der Waals surface area contributed by atoms with Gasteiger partial charge >= 0.3 is 0 Å². The Morgan fingerprint density at radius 3 is 2.45 bits per heavy atom. The predicted molar refractivity (Wildman–Crippen MR) is 88.7 cm³/mol. The third kappa shape index (κ3) is 3.87. The molecule has 1 fully saturated rings. The van der Waals surface area contributed by atoms with Crippen LogP contribution >= 0.6 is 11.3 Å². The van der Waals surface area contributed by atoms with Crippen LogP contribution in [0.2, 0.25) is 0 Å². The summed E-state index contributed by atoms with van der Waals surface area (Å²) in [7, 11) is -3.53. The number of nitrogens with zero attached hydrogens (tertiary/aromatic N) is 2. The molecule has 7 heteroatoms. The van der Waals surface area contributed by atoms with Gasteiger partial charge in [-0.05, 0) is 19.8 Å². The van der Waals surface area contributed by atoms with Crippen LogP contribution in [0.15, 0.2) is 5.38 Å². The third-order valence-electron chi connectivity index (χ3n) is 3.95. The van der Waals surface area contributed by atoms with E-state index in [1.807, 2.05) is 26.2 Å². The van der Waals surface area contributed by atoms with Gasteiger partial charge in [0, 0.05) is 23.9 Å². The molecule has 5 nitrogen and oxygen atoms in total. The summed E-state index contributed by atoms with van der Waals surface area (Å²) >= 11 is 1.35. The van der Waals surface area contributed by atoms with Gasteiger partial charge in [0.2, 0.25) is 5.91 Å². The topological polar surface area (TPSA) is 67.3 Å². The van der Waals surface area contributed by atoms with E-state index in [-0.39, 0.29) is 17.1 Å². The average molecular weight is 345 g/mol. The molecule has 1 aliphatic heterocycles. The molecule has 0 spiro atoms. The molecule has 0 unspecified atom stereocenters. The summed E-state index contributed by atoms with van der Waals surface area (Å²) in [4.78, 5) is 18.4. The summed E-state index contributed by atoms with van der Waals surface area (Å²) in [5, 5.41) is 1.47. The minimum absolute atomic E-state index is 0.102. The van der Waals surface area contributed by atoms with Crippen LogP contribution in [-0.4, -0.2) is 42.5 Å². The monoisotopic (exact) mass is 344 g/mol. The number of amides is 1. The fourth-order valence-corrected chi connectivity index (χ4v) is 5.05. The quantitative estimate of drug-likeness (QED) is 0.841. The first-order chi connectivity index (χ1) is 10.1. The predicted octanol–water partition coefficient (Wildman–Crippen LogP) is 2.37. The molecular formula is C15H24N2O3S2. The molecule has 2 rings (SSSR count). The molecule has 1 aromatic heterocycles. The number of carbonyl (C=O) groups is 1. The maximum absolute atomic E-state index is 12.5. The molecule has 124 valence electrons. The molecule has 0 bridgehead atoms. The molecule has 1 amide bonds. The maximum Gasteiger partial charge on any atom is 0.240 e. The highest BCUT2D eigenvalue weighted by atomic mass is 32.2. The molecule has 0 radical (unpaired) electrons. The molecule has 0 N–H and O–H groups in total. The molecule has 1 saturated heterocycles. The molecule has 1 atom stereocenters. The van der Waals surface area contributed by atoms with Crippen LogP contribution in [0.3, 0.4) is 0 Å². The first-order valence-corrected chi connectivity index (χ1v) is 10.2. The van der Waals surface area contributed by atoms with Crippen LogP contribution in [0.4, 0.5) is 0 Å². The minimum Gasteiger partial charge on any atom is -0.342 e. The Morgan fingerprint density at radius 2 is 1.95 bits per heavy atom. The Hall–Kier alpha value is -0.950. The second-order valence-electron chi connectivity index (χ2n) is 6.86. The lowest BCUT2D eigenvalue weighted by molar-refractivity contribution is -0.129. The van der Waals surface area contributed by atoms with Gasteiger partial charge in [-0.1, -0.05) is 20.8 Å². The van der Waals surface area contributed by atoms with E-state index < -0.39 is 15.1 Å².